The molecule has 0 spiro atoms. The summed E-state index contributed by atoms with van der Waals surface area (Å²) >= 11 is 0. The van der Waals surface area contributed by atoms with E-state index in [0.717, 1.165) is 49.9 Å². The molecule has 3 aromatic heterocycles. The minimum absolute atomic E-state index is 0.359. The van der Waals surface area contributed by atoms with E-state index in [1.54, 1.807) is 0 Å². The second-order valence-electron chi connectivity index (χ2n) is 9.97. The number of imidazole rings is 1. The van der Waals surface area contributed by atoms with Crippen molar-refractivity contribution in [1.29, 1.82) is 0 Å². The maximum Gasteiger partial charge on any atom is 0.149 e. The van der Waals surface area contributed by atoms with Crippen molar-refractivity contribution in [2.75, 3.05) is 0 Å². The normalized spacial score (nSPS) is 12.1. The van der Waals surface area contributed by atoms with Gasteiger partial charge < -0.3 is 4.42 Å². The monoisotopic (exact) mass is 459 g/mol. The molecule has 0 bridgehead atoms. The summed E-state index contributed by atoms with van der Waals surface area (Å²) in [5.41, 5.74) is 9.67. The molecular formula is C31H29N3O. The van der Waals surface area contributed by atoms with Gasteiger partial charge in [-0.05, 0) is 47.6 Å². The highest BCUT2D eigenvalue weighted by Crippen LogP contribution is 2.41. The van der Waals surface area contributed by atoms with E-state index in [1.165, 1.54) is 16.8 Å². The van der Waals surface area contributed by atoms with Crippen LogP contribution in [0, 0.1) is 6.92 Å². The van der Waals surface area contributed by atoms with Gasteiger partial charge in [0.05, 0.1) is 23.0 Å². The fourth-order valence-electron chi connectivity index (χ4n) is 5.28. The first-order valence-electron chi connectivity index (χ1n) is 12.3. The third kappa shape index (κ3) is 3.28. The molecule has 0 N–H and O–H groups in total. The molecule has 0 saturated heterocycles. The Morgan fingerprint density at radius 2 is 1.46 bits per heavy atom. The molecule has 0 atom stereocenters. The third-order valence-corrected chi connectivity index (χ3v) is 6.95. The van der Waals surface area contributed by atoms with Gasteiger partial charge in [0.2, 0.25) is 0 Å². The van der Waals surface area contributed by atoms with Crippen LogP contribution >= 0.6 is 0 Å². The Morgan fingerprint density at radius 3 is 2.20 bits per heavy atom. The fourth-order valence-corrected chi connectivity index (χ4v) is 5.28. The molecule has 0 amide bonds. The van der Waals surface area contributed by atoms with Gasteiger partial charge in [0.15, 0.2) is 0 Å². The number of fused-ring (bicyclic) bond motifs is 4. The molecule has 6 rings (SSSR count). The average molecular weight is 460 g/mol. The zero-order chi connectivity index (χ0) is 24.3. The lowest BCUT2D eigenvalue weighted by Gasteiger charge is -2.23. The van der Waals surface area contributed by atoms with Gasteiger partial charge >= 0.3 is 0 Å². The Hall–Kier alpha value is -3.92. The van der Waals surface area contributed by atoms with Crippen LogP contribution in [0.5, 0.6) is 0 Å². The van der Waals surface area contributed by atoms with Crippen molar-refractivity contribution in [3.8, 4) is 17.1 Å². The van der Waals surface area contributed by atoms with Crippen molar-refractivity contribution in [1.82, 2.24) is 14.5 Å². The van der Waals surface area contributed by atoms with E-state index in [-0.39, 0.29) is 0 Å². The Bertz CT molecular complexity index is 1690. The van der Waals surface area contributed by atoms with Gasteiger partial charge in [0.1, 0.15) is 22.5 Å². The molecule has 35 heavy (non-hydrogen) atoms. The lowest BCUT2D eigenvalue weighted by molar-refractivity contribution is 0.669. The van der Waals surface area contributed by atoms with Crippen LogP contribution in [0.3, 0.4) is 0 Å². The van der Waals surface area contributed by atoms with E-state index in [1.807, 2.05) is 24.5 Å². The van der Waals surface area contributed by atoms with Crippen molar-refractivity contribution in [3.63, 3.8) is 0 Å². The molecule has 0 saturated carbocycles. The quantitative estimate of drug-likeness (QED) is 0.265. The molecule has 4 nitrogen and oxygen atoms in total. The first-order chi connectivity index (χ1) is 17.0. The highest BCUT2D eigenvalue weighted by atomic mass is 16.3. The second-order valence-corrected chi connectivity index (χ2v) is 9.97. The van der Waals surface area contributed by atoms with Gasteiger partial charge in [-0.1, -0.05) is 76.2 Å². The minimum atomic E-state index is 0.359. The van der Waals surface area contributed by atoms with Crippen molar-refractivity contribution >= 4 is 33.0 Å². The van der Waals surface area contributed by atoms with Crippen LogP contribution in [0.25, 0.3) is 50.0 Å². The molecule has 174 valence electrons. The maximum absolute atomic E-state index is 6.44. The van der Waals surface area contributed by atoms with Gasteiger partial charge in [0, 0.05) is 17.0 Å². The summed E-state index contributed by atoms with van der Waals surface area (Å²) in [6.45, 7) is 11.2. The Kier molecular flexibility index (Phi) is 4.99. The van der Waals surface area contributed by atoms with Gasteiger partial charge in [-0.15, -0.1) is 0 Å². The highest BCUT2D eigenvalue weighted by Gasteiger charge is 2.25. The summed E-state index contributed by atoms with van der Waals surface area (Å²) in [7, 11) is 0. The lowest BCUT2D eigenvalue weighted by atomic mass is 9.92. The number of para-hydroxylation sites is 3. The minimum Gasteiger partial charge on any atom is -0.455 e. The van der Waals surface area contributed by atoms with Gasteiger partial charge in [-0.3, -0.25) is 9.55 Å². The lowest BCUT2D eigenvalue weighted by Crippen LogP contribution is -2.09. The third-order valence-electron chi connectivity index (χ3n) is 6.95. The first kappa shape index (κ1) is 21.6. The van der Waals surface area contributed by atoms with Crippen LogP contribution in [0.15, 0.2) is 77.5 Å². The smallest absolute Gasteiger partial charge is 0.149 e. The van der Waals surface area contributed by atoms with Gasteiger partial charge in [-0.2, -0.15) is 0 Å². The van der Waals surface area contributed by atoms with Crippen molar-refractivity contribution in [2.45, 2.75) is 46.5 Å². The van der Waals surface area contributed by atoms with Crippen LogP contribution in [-0.4, -0.2) is 14.5 Å². The molecule has 0 fully saturated rings. The number of hydrogen-bond donors (Lipinski definition) is 0. The summed E-state index contributed by atoms with van der Waals surface area (Å²) in [5.74, 6) is 1.60. The van der Waals surface area contributed by atoms with Gasteiger partial charge in [-0.25, -0.2) is 4.98 Å². The number of benzene rings is 3. The van der Waals surface area contributed by atoms with Crippen LogP contribution in [0.1, 0.15) is 56.2 Å². The predicted molar refractivity (Wildman–Crippen MR) is 144 cm³/mol. The summed E-state index contributed by atoms with van der Waals surface area (Å²) in [5, 5.41) is 2.23. The number of furan rings is 1. The van der Waals surface area contributed by atoms with Gasteiger partial charge in [0.25, 0.3) is 0 Å². The van der Waals surface area contributed by atoms with Crippen molar-refractivity contribution in [2.24, 2.45) is 0 Å². The standard InChI is InChI=1S/C31H29N3O/c1-18(2)21-11-8-12-22(19(3)4)29(21)34-28-20(5)16-32-17-26(28)33-31(34)25-14-9-13-24-23-10-6-7-15-27(23)35-30(24)25/h6-19H,1-5H3. The Labute approximate surface area is 205 Å². The first-order valence-corrected chi connectivity index (χ1v) is 12.3. The van der Waals surface area contributed by atoms with Crippen molar-refractivity contribution in [3.05, 3.63) is 89.7 Å². The van der Waals surface area contributed by atoms with Crippen LogP contribution in [0.2, 0.25) is 0 Å². The molecule has 3 aromatic carbocycles. The van der Waals surface area contributed by atoms with E-state index in [0.29, 0.717) is 11.8 Å². The highest BCUT2D eigenvalue weighted by molar-refractivity contribution is 6.09. The fraction of sp³-hybridized carbons (Fsp3) is 0.226. The van der Waals surface area contributed by atoms with E-state index in [2.05, 4.69) is 92.7 Å². The summed E-state index contributed by atoms with van der Waals surface area (Å²) in [4.78, 5) is 9.65. The van der Waals surface area contributed by atoms with Crippen LogP contribution < -0.4 is 0 Å². The second kappa shape index (κ2) is 8.09. The zero-order valence-corrected chi connectivity index (χ0v) is 20.8. The predicted octanol–water partition coefficient (Wildman–Crippen LogP) is 8.54. The Balaban J connectivity index is 1.79. The molecule has 0 aliphatic heterocycles. The van der Waals surface area contributed by atoms with E-state index >= 15 is 0 Å². The molecule has 0 aliphatic rings. The number of nitrogens with zero attached hydrogens (tertiary/aromatic N) is 3. The molecule has 0 unspecified atom stereocenters. The largest absolute Gasteiger partial charge is 0.455 e. The molecule has 4 heteroatoms. The van der Waals surface area contributed by atoms with Crippen molar-refractivity contribution < 1.29 is 4.42 Å². The number of pyridine rings is 1. The summed E-state index contributed by atoms with van der Waals surface area (Å²) in [6, 6.07) is 21.3. The zero-order valence-electron chi connectivity index (χ0n) is 20.8. The topological polar surface area (TPSA) is 43.9 Å². The van der Waals surface area contributed by atoms with E-state index in [9.17, 15) is 0 Å². The average Bonchev–Trinajstić information content (AvgIpc) is 3.42. The van der Waals surface area contributed by atoms with Crippen LogP contribution in [-0.2, 0) is 0 Å². The van der Waals surface area contributed by atoms with E-state index < -0.39 is 0 Å². The maximum atomic E-state index is 6.44. The number of aromatic nitrogens is 3. The van der Waals surface area contributed by atoms with Crippen LogP contribution in [0.4, 0.5) is 0 Å². The number of aryl methyl sites for hydroxylation is 1. The molecule has 0 aliphatic carbocycles. The molecule has 0 radical (unpaired) electrons. The number of rotatable bonds is 4. The summed E-state index contributed by atoms with van der Waals surface area (Å²) in [6.07, 6.45) is 3.80. The van der Waals surface area contributed by atoms with E-state index in [4.69, 9.17) is 9.40 Å². The Morgan fingerprint density at radius 1 is 0.771 bits per heavy atom. The summed E-state index contributed by atoms with van der Waals surface area (Å²) < 4.78 is 8.80. The molecule has 3 heterocycles. The SMILES string of the molecule is Cc1cncc2nc(-c3cccc4c3oc3ccccc34)n(-c3c(C(C)C)cccc3C(C)C)c12. The molecular weight excluding hydrogens is 430 g/mol. The number of hydrogen-bond acceptors (Lipinski definition) is 3. The molecule has 6 aromatic rings.